The Balaban J connectivity index is 0.00000274. The van der Waals surface area contributed by atoms with Crippen LogP contribution in [-0.2, 0) is 37.8 Å². The van der Waals surface area contributed by atoms with Crippen molar-refractivity contribution in [1.29, 1.82) is 0 Å². The van der Waals surface area contributed by atoms with Gasteiger partial charge in [-0.05, 0) is 23.5 Å². The number of aromatic nitrogens is 6. The Labute approximate surface area is 211 Å². The van der Waals surface area contributed by atoms with Gasteiger partial charge in [0, 0.05) is 34.1 Å². The SMILES string of the molecule is Cc1nc2[c-]n1-c1cccc(n1)C(F)(F)c1cccc(n1)-n1[c-]c(nc1C)C(C)(C)C2(C)C.[Pt+2]. The van der Waals surface area contributed by atoms with Crippen molar-refractivity contribution in [1.82, 2.24) is 29.1 Å². The summed E-state index contributed by atoms with van der Waals surface area (Å²) in [4.78, 5) is 18.1. The topological polar surface area (TPSA) is 61.4 Å². The van der Waals surface area contributed by atoms with E-state index in [0.29, 0.717) is 34.7 Å². The number of alkyl halides is 2. The Morgan fingerprint density at radius 3 is 1.44 bits per heavy atom. The molecule has 0 atom stereocenters. The average Bonchev–Trinajstić information content (AvgIpc) is 3.37. The normalized spacial score (nSPS) is 17.3. The molecule has 8 bridgehead atoms. The van der Waals surface area contributed by atoms with Crippen LogP contribution in [-0.4, -0.2) is 29.1 Å². The van der Waals surface area contributed by atoms with Gasteiger partial charge in [-0.2, -0.15) is 8.78 Å². The molecular formula is C25H24F2N6Pt. The predicted molar refractivity (Wildman–Crippen MR) is 119 cm³/mol. The Hall–Kier alpha value is -2.73. The zero-order chi connectivity index (χ0) is 23.8. The molecular weight excluding hydrogens is 617 g/mol. The standard InChI is InChI=1S/C25H24F2N6.Pt/c1-15-28-19-13-32(15)21-11-7-9-17(30-21)25(26,27)18-10-8-12-22(31-18)33-14-20(29-16(33)2)24(5,6)23(19,3)4;/h7-12H,1-6H3;/q-2;+2. The fourth-order valence-corrected chi connectivity index (χ4v) is 4.02. The second-order valence-electron chi connectivity index (χ2n) is 9.50. The van der Waals surface area contributed by atoms with Gasteiger partial charge in [0.25, 0.3) is 0 Å². The summed E-state index contributed by atoms with van der Waals surface area (Å²) in [6, 6.07) is 9.09. The number of rotatable bonds is 0. The Kier molecular flexibility index (Phi) is 5.67. The van der Waals surface area contributed by atoms with Crippen LogP contribution >= 0.6 is 0 Å². The van der Waals surface area contributed by atoms with Gasteiger partial charge in [0.15, 0.2) is 0 Å². The van der Waals surface area contributed by atoms with Gasteiger partial charge in [-0.15, -0.1) is 0 Å². The van der Waals surface area contributed by atoms with E-state index in [1.54, 1.807) is 33.4 Å². The van der Waals surface area contributed by atoms with Crippen LogP contribution in [0.4, 0.5) is 8.78 Å². The van der Waals surface area contributed by atoms with Crippen LogP contribution in [0.25, 0.3) is 11.6 Å². The first-order valence-electron chi connectivity index (χ1n) is 10.7. The zero-order valence-electron chi connectivity index (χ0n) is 19.7. The quantitative estimate of drug-likeness (QED) is 0.260. The molecule has 5 heterocycles. The van der Waals surface area contributed by atoms with E-state index in [1.165, 1.54) is 12.1 Å². The van der Waals surface area contributed by atoms with Crippen molar-refractivity contribution in [3.63, 3.8) is 0 Å². The third-order valence-electron chi connectivity index (χ3n) is 6.95. The summed E-state index contributed by atoms with van der Waals surface area (Å²) in [6.07, 6.45) is 6.58. The van der Waals surface area contributed by atoms with Crippen molar-refractivity contribution >= 4 is 0 Å². The maximum atomic E-state index is 15.6. The van der Waals surface area contributed by atoms with E-state index < -0.39 is 28.1 Å². The molecule has 1 aliphatic heterocycles. The number of hydrogen-bond donors (Lipinski definition) is 0. The fourth-order valence-electron chi connectivity index (χ4n) is 4.02. The second kappa shape index (κ2) is 7.91. The van der Waals surface area contributed by atoms with Crippen LogP contribution in [0, 0.1) is 26.2 Å². The zero-order valence-corrected chi connectivity index (χ0v) is 22.0. The van der Waals surface area contributed by atoms with Gasteiger partial charge in [0.2, 0.25) is 0 Å². The van der Waals surface area contributed by atoms with Crippen LogP contribution in [0.5, 0.6) is 0 Å². The van der Waals surface area contributed by atoms with Gasteiger partial charge in [-0.25, -0.2) is 0 Å². The molecule has 0 unspecified atom stereocenters. The van der Waals surface area contributed by atoms with E-state index >= 15 is 8.78 Å². The van der Waals surface area contributed by atoms with Gasteiger partial charge < -0.3 is 19.1 Å². The maximum absolute atomic E-state index is 15.6. The van der Waals surface area contributed by atoms with Gasteiger partial charge >= 0.3 is 27.0 Å². The van der Waals surface area contributed by atoms with Gasteiger partial charge in [-0.3, -0.25) is 9.97 Å². The predicted octanol–water partition coefficient (Wildman–Crippen LogP) is 4.77. The molecule has 6 nitrogen and oxygen atoms in total. The first-order valence-corrected chi connectivity index (χ1v) is 10.7. The first-order chi connectivity index (χ1) is 15.4. The summed E-state index contributed by atoms with van der Waals surface area (Å²) in [5.41, 5.74) is -0.427. The molecule has 178 valence electrons. The number of nitrogens with zero attached hydrogens (tertiary/aromatic N) is 6. The van der Waals surface area contributed by atoms with Crippen molar-refractivity contribution in [2.24, 2.45) is 0 Å². The maximum Gasteiger partial charge on any atom is 2.00 e. The number of hydrogen-bond acceptors (Lipinski definition) is 4. The molecule has 0 amide bonds. The minimum absolute atomic E-state index is 0. The second-order valence-corrected chi connectivity index (χ2v) is 9.50. The summed E-state index contributed by atoms with van der Waals surface area (Å²) in [5, 5.41) is 0. The monoisotopic (exact) mass is 641 g/mol. The van der Waals surface area contributed by atoms with E-state index in [2.05, 4.69) is 50.1 Å². The smallest absolute Gasteiger partial charge is 0.450 e. The van der Waals surface area contributed by atoms with Gasteiger partial charge in [-0.1, -0.05) is 78.2 Å². The Morgan fingerprint density at radius 2 is 1.06 bits per heavy atom. The third-order valence-corrected chi connectivity index (χ3v) is 6.95. The van der Waals surface area contributed by atoms with Crippen LogP contribution in [0.2, 0.25) is 0 Å². The minimum Gasteiger partial charge on any atom is -0.450 e. The van der Waals surface area contributed by atoms with Crippen molar-refractivity contribution in [3.8, 4) is 11.6 Å². The van der Waals surface area contributed by atoms with Crippen LogP contribution in [0.1, 0.15) is 62.1 Å². The number of halogens is 2. The number of pyridine rings is 2. The number of fused-ring (bicyclic) bond motifs is 10. The van der Waals surface area contributed by atoms with E-state index in [0.717, 1.165) is 0 Å². The molecule has 0 fully saturated rings. The average molecular weight is 642 g/mol. The largest absolute Gasteiger partial charge is 2.00 e. The molecule has 0 N–H and O–H groups in total. The molecule has 34 heavy (non-hydrogen) atoms. The summed E-state index contributed by atoms with van der Waals surface area (Å²) >= 11 is 0. The molecule has 4 aromatic heterocycles. The molecule has 0 spiro atoms. The van der Waals surface area contributed by atoms with E-state index in [1.807, 2.05) is 13.8 Å². The van der Waals surface area contributed by atoms with Crippen LogP contribution < -0.4 is 0 Å². The molecule has 1 aliphatic rings. The fraction of sp³-hybridized carbons (Fsp3) is 0.360. The van der Waals surface area contributed by atoms with E-state index in [9.17, 15) is 0 Å². The number of aryl methyl sites for hydroxylation is 2. The summed E-state index contributed by atoms with van der Waals surface area (Å²) in [6.45, 7) is 11.9. The first kappa shape index (κ1) is 24.4. The molecule has 0 saturated carbocycles. The van der Waals surface area contributed by atoms with Crippen LogP contribution in [0.15, 0.2) is 36.4 Å². The molecule has 0 radical (unpaired) electrons. The Morgan fingerprint density at radius 1 is 0.676 bits per heavy atom. The van der Waals surface area contributed by atoms with Crippen molar-refractivity contribution in [2.75, 3.05) is 0 Å². The molecule has 4 aromatic rings. The summed E-state index contributed by atoms with van der Waals surface area (Å²) in [7, 11) is 0. The number of imidazole rings is 2. The molecule has 0 aromatic carbocycles. The summed E-state index contributed by atoms with van der Waals surface area (Å²) in [5.74, 6) is -1.53. The molecule has 9 heteroatoms. The minimum atomic E-state index is -3.40. The molecule has 5 rings (SSSR count). The van der Waals surface area contributed by atoms with E-state index in [4.69, 9.17) is 9.97 Å². The van der Waals surface area contributed by atoms with Crippen molar-refractivity contribution in [3.05, 3.63) is 83.2 Å². The van der Waals surface area contributed by atoms with Gasteiger partial charge in [0.05, 0.1) is 0 Å². The summed E-state index contributed by atoms with van der Waals surface area (Å²) < 4.78 is 34.4. The van der Waals surface area contributed by atoms with E-state index in [-0.39, 0.29) is 21.1 Å². The van der Waals surface area contributed by atoms with Crippen molar-refractivity contribution < 1.29 is 29.8 Å². The van der Waals surface area contributed by atoms with Crippen molar-refractivity contribution in [2.45, 2.75) is 58.3 Å². The molecule has 0 saturated heterocycles. The Bertz CT molecular complexity index is 1280. The van der Waals surface area contributed by atoms with Crippen LogP contribution in [0.3, 0.4) is 0 Å². The van der Waals surface area contributed by atoms with Gasteiger partial charge in [0.1, 0.15) is 11.4 Å². The molecule has 0 aliphatic carbocycles. The third kappa shape index (κ3) is 3.46.